The molecule has 0 bridgehead atoms. The fraction of sp³-hybridized carbons (Fsp3) is 0.500. The Hall–Kier alpha value is -1.65. The van der Waals surface area contributed by atoms with Gasteiger partial charge in [-0.1, -0.05) is 23.5 Å². The summed E-state index contributed by atoms with van der Waals surface area (Å²) < 4.78 is 5.12. The molecule has 3 heterocycles. The van der Waals surface area contributed by atoms with Crippen molar-refractivity contribution in [2.75, 3.05) is 24.7 Å². The first kappa shape index (κ1) is 21.1. The van der Waals surface area contributed by atoms with Crippen LogP contribution in [0.2, 0.25) is 0 Å². The monoisotopic (exact) mass is 439 g/mol. The molecule has 2 aromatic heterocycles. The van der Waals surface area contributed by atoms with Gasteiger partial charge in [-0.3, -0.25) is 9.59 Å². The number of thiophene rings is 1. The van der Waals surface area contributed by atoms with Crippen molar-refractivity contribution in [3.63, 3.8) is 0 Å². The largest absolute Gasteiger partial charge is 0.450 e. The van der Waals surface area contributed by atoms with Crippen molar-refractivity contribution in [1.29, 1.82) is 0 Å². The maximum Gasteiger partial charge on any atom is 0.410 e. The van der Waals surface area contributed by atoms with Crippen molar-refractivity contribution in [3.8, 4) is 0 Å². The van der Waals surface area contributed by atoms with Crippen LogP contribution in [0.25, 0.3) is 10.2 Å². The zero-order valence-electron chi connectivity index (χ0n) is 15.9. The van der Waals surface area contributed by atoms with Gasteiger partial charge >= 0.3 is 6.09 Å². The molecule has 1 aliphatic heterocycles. The Morgan fingerprint density at radius 3 is 2.54 bits per heavy atom. The average Bonchev–Trinajstić information content (AvgIpc) is 3.02. The summed E-state index contributed by atoms with van der Waals surface area (Å²) in [5.41, 5.74) is 1.15. The van der Waals surface area contributed by atoms with Gasteiger partial charge in [-0.05, 0) is 32.8 Å². The van der Waals surface area contributed by atoms with E-state index in [2.05, 4.69) is 9.97 Å². The fourth-order valence-electron chi connectivity index (χ4n) is 2.82. The first-order valence-electron chi connectivity index (χ1n) is 8.87. The molecule has 7 nitrogen and oxygen atoms in total. The minimum atomic E-state index is -0.305. The van der Waals surface area contributed by atoms with Crippen molar-refractivity contribution < 1.29 is 19.1 Å². The summed E-state index contributed by atoms with van der Waals surface area (Å²) in [6.07, 6.45) is 0.394. The van der Waals surface area contributed by atoms with E-state index in [1.807, 2.05) is 0 Å². The van der Waals surface area contributed by atoms with E-state index in [9.17, 15) is 14.4 Å². The smallest absolute Gasteiger partial charge is 0.410 e. The molecule has 28 heavy (non-hydrogen) atoms. The van der Waals surface area contributed by atoms with Crippen molar-refractivity contribution >= 4 is 62.7 Å². The minimum Gasteiger partial charge on any atom is -0.450 e. The number of hydrogen-bond acceptors (Lipinski definition) is 9. The van der Waals surface area contributed by atoms with Crippen molar-refractivity contribution in [1.82, 2.24) is 14.9 Å². The third-order valence-electron chi connectivity index (χ3n) is 3.99. The van der Waals surface area contributed by atoms with Crippen LogP contribution in [0.5, 0.6) is 0 Å². The van der Waals surface area contributed by atoms with Gasteiger partial charge in [-0.15, -0.1) is 11.3 Å². The molecule has 0 aromatic carbocycles. The molecule has 1 amide bonds. The molecular formula is C18H21N3O4S3. The van der Waals surface area contributed by atoms with Crippen molar-refractivity contribution in [2.45, 2.75) is 43.9 Å². The molecule has 0 saturated carbocycles. The molecule has 1 aliphatic rings. The molecule has 0 radical (unpaired) electrons. The molecule has 150 valence electrons. The van der Waals surface area contributed by atoms with Crippen molar-refractivity contribution in [2.24, 2.45) is 0 Å². The predicted molar refractivity (Wildman–Crippen MR) is 111 cm³/mol. The quantitative estimate of drug-likeness (QED) is 0.367. The van der Waals surface area contributed by atoms with E-state index < -0.39 is 0 Å². The Morgan fingerprint density at radius 2 is 1.86 bits per heavy atom. The number of carbonyl (C=O) groups is 3. The maximum absolute atomic E-state index is 12.1. The van der Waals surface area contributed by atoms with Crippen LogP contribution in [0.4, 0.5) is 4.79 Å². The number of thioether (sulfide) groups is 2. The van der Waals surface area contributed by atoms with Crippen LogP contribution in [0.15, 0.2) is 10.2 Å². The number of Topliss-reactive ketones (excluding diaryl/α,β-unsaturated/α-hetero) is 2. The number of carbonyl (C=O) groups excluding carboxylic acids is 3. The Bertz CT molecular complexity index is 928. The second-order valence-corrected chi connectivity index (χ2v) is 9.34. The highest BCUT2D eigenvalue weighted by Gasteiger charge is 2.27. The highest BCUT2D eigenvalue weighted by Crippen LogP contribution is 2.40. The highest BCUT2D eigenvalue weighted by molar-refractivity contribution is 8.00. The number of fused-ring (bicyclic) bond motifs is 3. The summed E-state index contributed by atoms with van der Waals surface area (Å²) in [7, 11) is 0. The summed E-state index contributed by atoms with van der Waals surface area (Å²) in [6, 6.07) is 0. The number of amides is 1. The Balaban J connectivity index is 1.97. The molecule has 0 aliphatic carbocycles. The van der Waals surface area contributed by atoms with E-state index in [4.69, 9.17) is 4.74 Å². The maximum atomic E-state index is 12.1. The fourth-order valence-corrected chi connectivity index (χ4v) is 5.73. The third kappa shape index (κ3) is 4.84. The van der Waals surface area contributed by atoms with Gasteiger partial charge in [-0.2, -0.15) is 0 Å². The molecule has 0 saturated heterocycles. The van der Waals surface area contributed by atoms with E-state index in [0.29, 0.717) is 42.8 Å². The summed E-state index contributed by atoms with van der Waals surface area (Å²) in [5, 5.41) is 2.28. The lowest BCUT2D eigenvalue weighted by Gasteiger charge is -2.26. The Labute approximate surface area is 175 Å². The minimum absolute atomic E-state index is 0.0576. The van der Waals surface area contributed by atoms with Gasteiger partial charge in [0.05, 0.1) is 24.7 Å². The van der Waals surface area contributed by atoms with Gasteiger partial charge in [0.15, 0.2) is 5.16 Å². The average molecular weight is 440 g/mol. The van der Waals surface area contributed by atoms with Crippen LogP contribution < -0.4 is 0 Å². The van der Waals surface area contributed by atoms with E-state index in [1.54, 1.807) is 18.7 Å². The highest BCUT2D eigenvalue weighted by atomic mass is 32.2. The number of hydrogen-bond donors (Lipinski definition) is 0. The third-order valence-corrected chi connectivity index (χ3v) is 7.21. The summed E-state index contributed by atoms with van der Waals surface area (Å²) >= 11 is 4.24. The van der Waals surface area contributed by atoms with Gasteiger partial charge in [-0.25, -0.2) is 14.8 Å². The number of ether oxygens (including phenoxy) is 1. The van der Waals surface area contributed by atoms with Crippen LogP contribution in [0.1, 0.15) is 31.2 Å². The SMILES string of the molecule is CCOC(=O)N1CCc2c(sc3nc(SCC(C)=O)nc(SCC(C)=O)c23)C1. The standard InChI is InChI=1S/C18H21N3O4S3/c1-4-25-18(24)21-6-5-12-13(7-21)28-16-14(12)15(26-8-10(2)22)19-17(20-16)27-9-11(3)23/h4-9H2,1-3H3. The lowest BCUT2D eigenvalue weighted by Crippen LogP contribution is -2.35. The van der Waals surface area contributed by atoms with E-state index in [0.717, 1.165) is 25.7 Å². The first-order valence-corrected chi connectivity index (χ1v) is 11.7. The lowest BCUT2D eigenvalue weighted by molar-refractivity contribution is -0.115. The zero-order chi connectivity index (χ0) is 20.3. The van der Waals surface area contributed by atoms with Crippen LogP contribution in [-0.4, -0.2) is 57.2 Å². The Kier molecular flexibility index (Phi) is 6.95. The van der Waals surface area contributed by atoms with Gasteiger partial charge in [0.2, 0.25) is 0 Å². The van der Waals surface area contributed by atoms with Crippen LogP contribution in [0.3, 0.4) is 0 Å². The Morgan fingerprint density at radius 1 is 1.14 bits per heavy atom. The number of aromatic nitrogens is 2. The molecule has 10 heteroatoms. The molecular weight excluding hydrogens is 418 g/mol. The van der Waals surface area contributed by atoms with Gasteiger partial charge in [0, 0.05) is 16.8 Å². The predicted octanol–water partition coefficient (Wildman–Crippen LogP) is 3.57. The van der Waals surface area contributed by atoms with Gasteiger partial charge in [0.1, 0.15) is 21.4 Å². The molecule has 0 N–H and O–H groups in total. The van der Waals surface area contributed by atoms with Crippen LogP contribution in [-0.2, 0) is 27.3 Å². The molecule has 3 rings (SSSR count). The molecule has 2 aromatic rings. The van der Waals surface area contributed by atoms with Crippen LogP contribution >= 0.6 is 34.9 Å². The van der Waals surface area contributed by atoms with Crippen LogP contribution in [0, 0.1) is 0 Å². The van der Waals surface area contributed by atoms with Gasteiger partial charge in [0.25, 0.3) is 0 Å². The molecule has 0 fully saturated rings. The summed E-state index contributed by atoms with van der Waals surface area (Å²) in [6.45, 7) is 6.29. The first-order chi connectivity index (χ1) is 13.4. The normalized spacial score (nSPS) is 13.5. The summed E-state index contributed by atoms with van der Waals surface area (Å²) in [5.74, 6) is 0.779. The topological polar surface area (TPSA) is 89.5 Å². The second kappa shape index (κ2) is 9.23. The molecule has 0 unspecified atom stereocenters. The zero-order valence-corrected chi connectivity index (χ0v) is 18.4. The van der Waals surface area contributed by atoms with Crippen molar-refractivity contribution in [3.05, 3.63) is 10.4 Å². The second-order valence-electron chi connectivity index (χ2n) is 6.35. The van der Waals surface area contributed by atoms with E-state index >= 15 is 0 Å². The number of rotatable bonds is 7. The summed E-state index contributed by atoms with van der Waals surface area (Å²) in [4.78, 5) is 47.7. The van der Waals surface area contributed by atoms with E-state index in [1.165, 1.54) is 41.8 Å². The van der Waals surface area contributed by atoms with E-state index in [-0.39, 0.29) is 17.7 Å². The molecule has 0 spiro atoms. The lowest BCUT2D eigenvalue weighted by atomic mass is 10.1. The number of ketones is 2. The number of nitrogens with zero attached hydrogens (tertiary/aromatic N) is 3. The molecule has 0 atom stereocenters. The van der Waals surface area contributed by atoms with Gasteiger partial charge < -0.3 is 9.64 Å².